The Bertz CT molecular complexity index is 867. The van der Waals surface area contributed by atoms with E-state index in [4.69, 9.17) is 4.74 Å². The van der Waals surface area contributed by atoms with Crippen molar-refractivity contribution >= 4 is 21.6 Å². The van der Waals surface area contributed by atoms with Gasteiger partial charge in [-0.25, -0.2) is 17.7 Å². The average Bonchev–Trinajstić information content (AvgIpc) is 2.67. The molecule has 2 rings (SSSR count). The van der Waals surface area contributed by atoms with Gasteiger partial charge in [-0.3, -0.25) is 4.79 Å². The van der Waals surface area contributed by atoms with Crippen molar-refractivity contribution in [1.29, 1.82) is 0 Å². The van der Waals surface area contributed by atoms with Crippen molar-refractivity contribution in [2.45, 2.75) is 31.6 Å². The predicted octanol–water partition coefficient (Wildman–Crippen LogP) is 3.15. The van der Waals surface area contributed by atoms with Gasteiger partial charge in [0.2, 0.25) is 15.9 Å². The monoisotopic (exact) mass is 391 g/mol. The number of benzene rings is 1. The van der Waals surface area contributed by atoms with Crippen LogP contribution in [0.25, 0.3) is 0 Å². The van der Waals surface area contributed by atoms with Crippen molar-refractivity contribution in [3.8, 4) is 5.88 Å². The lowest BCUT2D eigenvalue weighted by atomic mass is 10.2. The molecule has 1 aromatic carbocycles. The maximum absolute atomic E-state index is 12.5. The standard InChI is InChI=1S/C19H25N3O4S/c1-4-6-14-22(3)27(24,25)16-11-9-15(10-12-16)21-18(23)17-8-7-13-20-19(17)26-5-2/h7-13H,4-6,14H2,1-3H3,(H,21,23). The number of carbonyl (C=O) groups excluding carboxylic acids is 1. The van der Waals surface area contributed by atoms with Crippen LogP contribution in [-0.2, 0) is 10.0 Å². The lowest BCUT2D eigenvalue weighted by Crippen LogP contribution is -2.27. The molecule has 1 heterocycles. The fourth-order valence-electron chi connectivity index (χ4n) is 2.40. The van der Waals surface area contributed by atoms with Crippen LogP contribution in [0.1, 0.15) is 37.0 Å². The number of carbonyl (C=O) groups is 1. The van der Waals surface area contributed by atoms with Crippen LogP contribution in [0, 0.1) is 0 Å². The first-order valence-corrected chi connectivity index (χ1v) is 10.3. The summed E-state index contributed by atoms with van der Waals surface area (Å²) in [6, 6.07) is 9.37. The van der Waals surface area contributed by atoms with Crippen molar-refractivity contribution in [3.63, 3.8) is 0 Å². The van der Waals surface area contributed by atoms with E-state index in [9.17, 15) is 13.2 Å². The molecule has 146 valence electrons. The van der Waals surface area contributed by atoms with Gasteiger partial charge in [-0.2, -0.15) is 0 Å². The Morgan fingerprint density at radius 1 is 1.19 bits per heavy atom. The molecule has 0 aliphatic heterocycles. The minimum absolute atomic E-state index is 0.190. The minimum Gasteiger partial charge on any atom is -0.477 e. The van der Waals surface area contributed by atoms with Gasteiger partial charge in [-0.05, 0) is 49.7 Å². The van der Waals surface area contributed by atoms with Gasteiger partial charge in [-0.1, -0.05) is 13.3 Å². The second kappa shape index (κ2) is 9.48. The summed E-state index contributed by atoms with van der Waals surface area (Å²) in [6.07, 6.45) is 3.27. The Labute approximate surface area is 160 Å². The number of hydrogen-bond acceptors (Lipinski definition) is 5. The molecular formula is C19H25N3O4S. The Morgan fingerprint density at radius 3 is 2.52 bits per heavy atom. The van der Waals surface area contributed by atoms with Gasteiger partial charge in [0.25, 0.3) is 5.91 Å². The molecule has 27 heavy (non-hydrogen) atoms. The van der Waals surface area contributed by atoms with E-state index in [1.54, 1.807) is 37.5 Å². The second-order valence-electron chi connectivity index (χ2n) is 5.95. The first kappa shape index (κ1) is 20.9. The third kappa shape index (κ3) is 5.27. The Morgan fingerprint density at radius 2 is 1.89 bits per heavy atom. The normalized spacial score (nSPS) is 11.4. The van der Waals surface area contributed by atoms with E-state index in [0.717, 1.165) is 12.8 Å². The first-order chi connectivity index (χ1) is 12.9. The highest BCUT2D eigenvalue weighted by atomic mass is 32.2. The smallest absolute Gasteiger partial charge is 0.261 e. The average molecular weight is 391 g/mol. The number of anilines is 1. The van der Waals surface area contributed by atoms with Crippen molar-refractivity contribution in [2.75, 3.05) is 25.5 Å². The zero-order valence-corrected chi connectivity index (χ0v) is 16.6. The molecule has 1 amide bonds. The summed E-state index contributed by atoms with van der Waals surface area (Å²) < 4.78 is 31.7. The summed E-state index contributed by atoms with van der Waals surface area (Å²) in [5.41, 5.74) is 0.803. The molecular weight excluding hydrogens is 366 g/mol. The van der Waals surface area contributed by atoms with Crippen LogP contribution in [0.4, 0.5) is 5.69 Å². The Balaban J connectivity index is 2.13. The largest absolute Gasteiger partial charge is 0.477 e. The second-order valence-corrected chi connectivity index (χ2v) is 7.99. The quantitative estimate of drug-likeness (QED) is 0.709. The van der Waals surface area contributed by atoms with E-state index >= 15 is 0 Å². The van der Waals surface area contributed by atoms with Crippen LogP contribution in [0.5, 0.6) is 5.88 Å². The number of amides is 1. The van der Waals surface area contributed by atoms with Gasteiger partial charge in [0.05, 0.1) is 11.5 Å². The van der Waals surface area contributed by atoms with Gasteiger partial charge in [0.1, 0.15) is 5.56 Å². The maximum Gasteiger partial charge on any atom is 0.261 e. The van der Waals surface area contributed by atoms with Gasteiger partial charge in [0.15, 0.2) is 0 Å². The number of ether oxygens (including phenoxy) is 1. The molecule has 1 aromatic heterocycles. The summed E-state index contributed by atoms with van der Waals surface area (Å²) in [7, 11) is -1.96. The first-order valence-electron chi connectivity index (χ1n) is 8.85. The van der Waals surface area contributed by atoms with Crippen LogP contribution in [0.15, 0.2) is 47.5 Å². The number of nitrogens with zero attached hydrogens (tertiary/aromatic N) is 2. The SMILES string of the molecule is CCCCN(C)S(=O)(=O)c1ccc(NC(=O)c2cccnc2OCC)cc1. The van der Waals surface area contributed by atoms with Crippen LogP contribution in [0.3, 0.4) is 0 Å². The minimum atomic E-state index is -3.53. The third-order valence-electron chi connectivity index (χ3n) is 3.94. The van der Waals surface area contributed by atoms with E-state index in [2.05, 4.69) is 10.3 Å². The van der Waals surface area contributed by atoms with Crippen molar-refractivity contribution in [3.05, 3.63) is 48.2 Å². The Hall–Kier alpha value is -2.45. The topological polar surface area (TPSA) is 88.6 Å². The number of aromatic nitrogens is 1. The number of nitrogens with one attached hydrogen (secondary N) is 1. The number of sulfonamides is 1. The summed E-state index contributed by atoms with van der Waals surface area (Å²) in [5, 5.41) is 2.73. The van der Waals surface area contributed by atoms with Crippen LogP contribution >= 0.6 is 0 Å². The summed E-state index contributed by atoms with van der Waals surface area (Å²) >= 11 is 0. The van der Waals surface area contributed by atoms with Crippen LogP contribution in [-0.4, -0.2) is 43.8 Å². The van der Waals surface area contributed by atoms with E-state index in [1.807, 2.05) is 13.8 Å². The molecule has 8 heteroatoms. The number of unbranched alkanes of at least 4 members (excludes halogenated alkanes) is 1. The van der Waals surface area contributed by atoms with Gasteiger partial charge >= 0.3 is 0 Å². The molecule has 0 unspecified atom stereocenters. The molecule has 0 aliphatic rings. The molecule has 1 N–H and O–H groups in total. The van der Waals surface area contributed by atoms with Crippen molar-refractivity contribution < 1.29 is 17.9 Å². The zero-order valence-electron chi connectivity index (χ0n) is 15.8. The van der Waals surface area contributed by atoms with E-state index in [-0.39, 0.29) is 16.7 Å². The highest BCUT2D eigenvalue weighted by Crippen LogP contribution is 2.20. The van der Waals surface area contributed by atoms with Crippen molar-refractivity contribution in [1.82, 2.24) is 9.29 Å². The van der Waals surface area contributed by atoms with Crippen LogP contribution in [0.2, 0.25) is 0 Å². The maximum atomic E-state index is 12.5. The van der Waals surface area contributed by atoms with Crippen LogP contribution < -0.4 is 10.1 Å². The highest BCUT2D eigenvalue weighted by molar-refractivity contribution is 7.89. The summed E-state index contributed by atoms with van der Waals surface area (Å²) in [6.45, 7) is 4.69. The van der Waals surface area contributed by atoms with Gasteiger partial charge in [-0.15, -0.1) is 0 Å². The molecule has 0 fully saturated rings. The molecule has 0 aliphatic carbocycles. The molecule has 0 atom stereocenters. The van der Waals surface area contributed by atoms with E-state index in [1.165, 1.54) is 16.4 Å². The molecule has 7 nitrogen and oxygen atoms in total. The molecule has 0 spiro atoms. The molecule has 0 saturated carbocycles. The number of pyridine rings is 1. The fourth-order valence-corrected chi connectivity index (χ4v) is 3.61. The predicted molar refractivity (Wildman–Crippen MR) is 105 cm³/mol. The summed E-state index contributed by atoms with van der Waals surface area (Å²) in [5.74, 6) is -0.114. The van der Waals surface area contributed by atoms with Gasteiger partial charge < -0.3 is 10.1 Å². The number of hydrogen-bond donors (Lipinski definition) is 1. The zero-order chi connectivity index (χ0) is 19.9. The molecule has 2 aromatic rings. The molecule has 0 bridgehead atoms. The van der Waals surface area contributed by atoms with Crippen molar-refractivity contribution in [2.24, 2.45) is 0 Å². The van der Waals surface area contributed by atoms with Gasteiger partial charge in [0, 0.05) is 25.5 Å². The lowest BCUT2D eigenvalue weighted by molar-refractivity contribution is 0.102. The Kier molecular flexibility index (Phi) is 7.32. The molecule has 0 saturated heterocycles. The highest BCUT2D eigenvalue weighted by Gasteiger charge is 2.20. The summed E-state index contributed by atoms with van der Waals surface area (Å²) in [4.78, 5) is 16.7. The molecule has 0 radical (unpaired) electrons. The number of rotatable bonds is 9. The van der Waals surface area contributed by atoms with E-state index < -0.39 is 10.0 Å². The fraction of sp³-hybridized carbons (Fsp3) is 0.368. The lowest BCUT2D eigenvalue weighted by Gasteiger charge is -2.17. The van der Waals surface area contributed by atoms with E-state index in [0.29, 0.717) is 24.4 Å². The third-order valence-corrected chi connectivity index (χ3v) is 5.81.